The Labute approximate surface area is 81.4 Å². The standard InChI is InChI=1S/C10H13F2NO/c11-10(12)5-7-3-1-2-4-8(7)9(13)6-14/h1-4,9-10,14H,5-6,13H2. The Morgan fingerprint density at radius 2 is 1.93 bits per heavy atom. The molecule has 1 unspecified atom stereocenters. The Hall–Kier alpha value is -1.00. The lowest BCUT2D eigenvalue weighted by Gasteiger charge is -2.13. The van der Waals surface area contributed by atoms with Crippen LogP contribution < -0.4 is 5.73 Å². The Kier molecular flexibility index (Phi) is 3.98. The van der Waals surface area contributed by atoms with Crippen LogP contribution in [0.25, 0.3) is 0 Å². The lowest BCUT2D eigenvalue weighted by molar-refractivity contribution is 0.148. The number of benzene rings is 1. The van der Waals surface area contributed by atoms with Gasteiger partial charge in [-0.15, -0.1) is 0 Å². The maximum absolute atomic E-state index is 12.2. The smallest absolute Gasteiger partial charge is 0.242 e. The van der Waals surface area contributed by atoms with Crippen LogP contribution in [0.4, 0.5) is 8.78 Å². The highest BCUT2D eigenvalue weighted by atomic mass is 19.3. The Balaban J connectivity index is 2.91. The number of nitrogens with two attached hydrogens (primary N) is 1. The molecule has 0 saturated carbocycles. The predicted octanol–water partition coefficient (Wildman–Crippen LogP) is 1.49. The lowest BCUT2D eigenvalue weighted by Crippen LogP contribution is -2.17. The van der Waals surface area contributed by atoms with Gasteiger partial charge in [-0.25, -0.2) is 8.78 Å². The first-order valence-electron chi connectivity index (χ1n) is 4.37. The Bertz CT molecular complexity index is 291. The number of halogens is 2. The zero-order valence-corrected chi connectivity index (χ0v) is 7.66. The molecule has 0 amide bonds. The van der Waals surface area contributed by atoms with Crippen molar-refractivity contribution in [1.82, 2.24) is 0 Å². The monoisotopic (exact) mass is 201 g/mol. The summed E-state index contributed by atoms with van der Waals surface area (Å²) in [6.45, 7) is -0.236. The highest BCUT2D eigenvalue weighted by Gasteiger charge is 2.12. The van der Waals surface area contributed by atoms with E-state index in [1.165, 1.54) is 0 Å². The first-order valence-corrected chi connectivity index (χ1v) is 4.37. The molecule has 0 aromatic heterocycles. The van der Waals surface area contributed by atoms with E-state index < -0.39 is 12.5 Å². The topological polar surface area (TPSA) is 46.2 Å². The van der Waals surface area contributed by atoms with Crippen molar-refractivity contribution in [3.05, 3.63) is 35.4 Å². The number of alkyl halides is 2. The molecular weight excluding hydrogens is 188 g/mol. The van der Waals surface area contributed by atoms with Crippen LogP contribution in [0.1, 0.15) is 17.2 Å². The van der Waals surface area contributed by atoms with E-state index in [0.29, 0.717) is 11.1 Å². The molecule has 2 nitrogen and oxygen atoms in total. The summed E-state index contributed by atoms with van der Waals surface area (Å²) >= 11 is 0. The minimum Gasteiger partial charge on any atom is -0.394 e. The summed E-state index contributed by atoms with van der Waals surface area (Å²) in [6.07, 6.45) is -2.70. The van der Waals surface area contributed by atoms with Crippen LogP contribution in [0.2, 0.25) is 0 Å². The first-order chi connectivity index (χ1) is 6.65. The molecule has 1 aromatic rings. The highest BCUT2D eigenvalue weighted by molar-refractivity contribution is 5.30. The third kappa shape index (κ3) is 2.75. The molecular formula is C10H13F2NO. The van der Waals surface area contributed by atoms with Crippen LogP contribution in [0, 0.1) is 0 Å². The maximum atomic E-state index is 12.2. The van der Waals surface area contributed by atoms with E-state index in [0.717, 1.165) is 0 Å². The van der Waals surface area contributed by atoms with Crippen molar-refractivity contribution >= 4 is 0 Å². The molecule has 0 aliphatic heterocycles. The summed E-state index contributed by atoms with van der Waals surface area (Å²) in [6, 6.07) is 6.10. The molecule has 0 aliphatic carbocycles. The quantitative estimate of drug-likeness (QED) is 0.775. The van der Waals surface area contributed by atoms with Gasteiger partial charge in [0.25, 0.3) is 0 Å². The third-order valence-electron chi connectivity index (χ3n) is 2.03. The lowest BCUT2D eigenvalue weighted by atomic mass is 9.99. The van der Waals surface area contributed by atoms with E-state index in [1.54, 1.807) is 24.3 Å². The summed E-state index contributed by atoms with van der Waals surface area (Å²) in [5.41, 5.74) is 6.67. The third-order valence-corrected chi connectivity index (χ3v) is 2.03. The largest absolute Gasteiger partial charge is 0.394 e. The molecule has 78 valence electrons. The predicted molar refractivity (Wildman–Crippen MR) is 50.2 cm³/mol. The maximum Gasteiger partial charge on any atom is 0.242 e. The second kappa shape index (κ2) is 5.02. The molecule has 1 atom stereocenters. The molecule has 1 rings (SSSR count). The van der Waals surface area contributed by atoms with Gasteiger partial charge in [0.2, 0.25) is 6.43 Å². The fourth-order valence-corrected chi connectivity index (χ4v) is 1.35. The average Bonchev–Trinajstić information content (AvgIpc) is 2.16. The van der Waals surface area contributed by atoms with Gasteiger partial charge in [-0.2, -0.15) is 0 Å². The van der Waals surface area contributed by atoms with Gasteiger partial charge < -0.3 is 10.8 Å². The second-order valence-electron chi connectivity index (χ2n) is 3.08. The van der Waals surface area contributed by atoms with Crippen molar-refractivity contribution in [2.24, 2.45) is 5.73 Å². The van der Waals surface area contributed by atoms with Crippen molar-refractivity contribution in [2.45, 2.75) is 18.9 Å². The van der Waals surface area contributed by atoms with E-state index in [4.69, 9.17) is 10.8 Å². The second-order valence-corrected chi connectivity index (χ2v) is 3.08. The Morgan fingerprint density at radius 1 is 1.29 bits per heavy atom. The zero-order valence-electron chi connectivity index (χ0n) is 7.66. The number of aliphatic hydroxyl groups excluding tert-OH is 1. The van der Waals surface area contributed by atoms with Crippen LogP contribution in [-0.2, 0) is 6.42 Å². The van der Waals surface area contributed by atoms with Crippen LogP contribution in [0.3, 0.4) is 0 Å². The van der Waals surface area contributed by atoms with Gasteiger partial charge in [-0.3, -0.25) is 0 Å². The molecule has 14 heavy (non-hydrogen) atoms. The van der Waals surface area contributed by atoms with Gasteiger partial charge in [0.15, 0.2) is 0 Å². The van der Waals surface area contributed by atoms with E-state index in [1.807, 2.05) is 0 Å². The molecule has 0 fully saturated rings. The number of rotatable bonds is 4. The van der Waals surface area contributed by atoms with Crippen molar-refractivity contribution in [3.8, 4) is 0 Å². The number of hydrogen-bond donors (Lipinski definition) is 2. The fourth-order valence-electron chi connectivity index (χ4n) is 1.35. The number of hydrogen-bond acceptors (Lipinski definition) is 2. The first kappa shape index (κ1) is 11.1. The summed E-state index contributed by atoms with van der Waals surface area (Å²) in [5.74, 6) is 0. The molecule has 0 spiro atoms. The molecule has 3 N–H and O–H groups in total. The van der Waals surface area contributed by atoms with Crippen molar-refractivity contribution in [2.75, 3.05) is 6.61 Å². The minimum absolute atomic E-state index is 0.236. The van der Waals surface area contributed by atoms with E-state index >= 15 is 0 Å². The minimum atomic E-state index is -2.39. The molecule has 0 aliphatic rings. The van der Waals surface area contributed by atoms with Gasteiger partial charge in [0, 0.05) is 6.42 Å². The van der Waals surface area contributed by atoms with Gasteiger partial charge >= 0.3 is 0 Å². The van der Waals surface area contributed by atoms with Gasteiger partial charge in [0.05, 0.1) is 12.6 Å². The highest BCUT2D eigenvalue weighted by Crippen LogP contribution is 2.18. The summed E-state index contributed by atoms with van der Waals surface area (Å²) in [7, 11) is 0. The summed E-state index contributed by atoms with van der Waals surface area (Å²) in [4.78, 5) is 0. The van der Waals surface area contributed by atoms with Crippen LogP contribution in [-0.4, -0.2) is 18.1 Å². The SMILES string of the molecule is NC(CO)c1ccccc1CC(F)F. The van der Waals surface area contributed by atoms with Crippen LogP contribution in [0.5, 0.6) is 0 Å². The van der Waals surface area contributed by atoms with E-state index in [-0.39, 0.29) is 13.0 Å². The van der Waals surface area contributed by atoms with Crippen LogP contribution >= 0.6 is 0 Å². The molecule has 0 bridgehead atoms. The van der Waals surface area contributed by atoms with E-state index in [2.05, 4.69) is 0 Å². The number of aliphatic hydroxyl groups is 1. The molecule has 1 aromatic carbocycles. The average molecular weight is 201 g/mol. The van der Waals surface area contributed by atoms with Crippen molar-refractivity contribution in [1.29, 1.82) is 0 Å². The van der Waals surface area contributed by atoms with Gasteiger partial charge in [0.1, 0.15) is 0 Å². The van der Waals surface area contributed by atoms with Gasteiger partial charge in [-0.05, 0) is 11.1 Å². The van der Waals surface area contributed by atoms with E-state index in [9.17, 15) is 8.78 Å². The summed E-state index contributed by atoms with van der Waals surface area (Å²) < 4.78 is 24.3. The normalized spacial score (nSPS) is 13.2. The fraction of sp³-hybridized carbons (Fsp3) is 0.400. The molecule has 4 heteroatoms. The summed E-state index contributed by atoms with van der Waals surface area (Å²) in [5, 5.41) is 8.83. The molecule has 0 saturated heterocycles. The van der Waals surface area contributed by atoms with Crippen molar-refractivity contribution in [3.63, 3.8) is 0 Å². The van der Waals surface area contributed by atoms with Crippen molar-refractivity contribution < 1.29 is 13.9 Å². The Morgan fingerprint density at radius 3 is 2.50 bits per heavy atom. The molecule has 0 heterocycles. The van der Waals surface area contributed by atoms with Crippen LogP contribution in [0.15, 0.2) is 24.3 Å². The molecule has 0 radical (unpaired) electrons. The zero-order chi connectivity index (χ0) is 10.6. The van der Waals surface area contributed by atoms with Gasteiger partial charge in [-0.1, -0.05) is 24.3 Å².